The van der Waals surface area contributed by atoms with E-state index in [4.69, 9.17) is 5.11 Å². The lowest BCUT2D eigenvalue weighted by Crippen LogP contribution is -2.27. The fraction of sp³-hybridized carbons (Fsp3) is 0.625. The average molecular weight is 200 g/mol. The predicted octanol–water partition coefficient (Wildman–Crippen LogP) is -1.24. The molecule has 1 atom stereocenters. The van der Waals surface area contributed by atoms with E-state index in [2.05, 4.69) is 20.6 Å². The summed E-state index contributed by atoms with van der Waals surface area (Å²) in [6, 6.07) is 0. The van der Waals surface area contributed by atoms with Gasteiger partial charge in [-0.2, -0.15) is 0 Å². The van der Waals surface area contributed by atoms with Crippen LogP contribution in [-0.4, -0.2) is 49.9 Å². The highest BCUT2D eigenvalue weighted by molar-refractivity contribution is 6.27. The fourth-order valence-electron chi connectivity index (χ4n) is 0.630. The lowest BCUT2D eigenvalue weighted by atomic mass is 10.5. The summed E-state index contributed by atoms with van der Waals surface area (Å²) in [6.07, 6.45) is 2.32. The molecule has 0 aliphatic heterocycles. The molecule has 0 heterocycles. The van der Waals surface area contributed by atoms with Crippen molar-refractivity contribution in [3.63, 3.8) is 0 Å². The second-order valence-electron chi connectivity index (χ2n) is 2.51. The van der Waals surface area contributed by atoms with Crippen LogP contribution in [-0.2, 0) is 4.79 Å². The number of hydrogen-bond acceptors (Lipinski definition) is 4. The molecule has 3 N–H and O–H groups in total. The van der Waals surface area contributed by atoms with Gasteiger partial charge in [0, 0.05) is 13.6 Å². The summed E-state index contributed by atoms with van der Waals surface area (Å²) >= 11 is 0. The van der Waals surface area contributed by atoms with Gasteiger partial charge < -0.3 is 10.4 Å². The van der Waals surface area contributed by atoms with Crippen molar-refractivity contribution in [2.24, 2.45) is 9.98 Å². The predicted molar refractivity (Wildman–Crippen MR) is 55.6 cm³/mol. The summed E-state index contributed by atoms with van der Waals surface area (Å²) in [4.78, 5) is 18.3. The van der Waals surface area contributed by atoms with Crippen molar-refractivity contribution in [1.82, 2.24) is 10.6 Å². The Hall–Kier alpha value is -1.27. The van der Waals surface area contributed by atoms with Crippen molar-refractivity contribution >= 4 is 18.5 Å². The molecule has 0 bridgehead atoms. The molecule has 0 aromatic carbocycles. The maximum absolute atomic E-state index is 10.7. The Morgan fingerprint density at radius 1 is 1.64 bits per heavy atom. The van der Waals surface area contributed by atoms with Crippen molar-refractivity contribution in [3.8, 4) is 0 Å². The van der Waals surface area contributed by atoms with Gasteiger partial charge in [0.2, 0.25) is 0 Å². The molecule has 0 saturated carbocycles. The molecule has 0 aromatic heterocycles. The van der Waals surface area contributed by atoms with Gasteiger partial charge in [-0.25, -0.2) is 4.99 Å². The van der Waals surface area contributed by atoms with Crippen molar-refractivity contribution in [3.05, 3.63) is 0 Å². The molecule has 0 aromatic rings. The molecular formula is C8H16N4O2. The van der Waals surface area contributed by atoms with Gasteiger partial charge in [-0.05, 0) is 6.92 Å². The van der Waals surface area contributed by atoms with Crippen molar-refractivity contribution in [1.29, 1.82) is 0 Å². The minimum Gasteiger partial charge on any atom is -0.395 e. The lowest BCUT2D eigenvalue weighted by Gasteiger charge is -2.05. The van der Waals surface area contributed by atoms with E-state index in [9.17, 15) is 4.79 Å². The van der Waals surface area contributed by atoms with Crippen LogP contribution in [0.4, 0.5) is 0 Å². The number of aliphatic imine (C=N–C) groups is 2. The van der Waals surface area contributed by atoms with Crippen LogP contribution in [0.2, 0.25) is 0 Å². The molecule has 0 saturated heterocycles. The number of carbonyl (C=O) groups excluding carboxylic acids is 1. The Morgan fingerprint density at radius 2 is 2.36 bits per heavy atom. The number of nitrogens with one attached hydrogen (secondary N) is 2. The van der Waals surface area contributed by atoms with Crippen LogP contribution >= 0.6 is 0 Å². The van der Waals surface area contributed by atoms with Gasteiger partial charge in [0.15, 0.2) is 0 Å². The van der Waals surface area contributed by atoms with Gasteiger partial charge in [0.25, 0.3) is 5.91 Å². The zero-order valence-electron chi connectivity index (χ0n) is 8.40. The Kier molecular flexibility index (Phi) is 7.58. The third-order valence-corrected chi connectivity index (χ3v) is 1.35. The van der Waals surface area contributed by atoms with Gasteiger partial charge in [0.1, 0.15) is 6.34 Å². The number of hydrogen-bond donors (Lipinski definition) is 3. The largest absolute Gasteiger partial charge is 0.395 e. The number of carbonyl (C=O) groups is 1. The second-order valence-corrected chi connectivity index (χ2v) is 2.51. The highest BCUT2D eigenvalue weighted by Crippen LogP contribution is 1.80. The lowest BCUT2D eigenvalue weighted by molar-refractivity contribution is -0.113. The molecule has 0 fully saturated rings. The maximum atomic E-state index is 10.7. The smallest absolute Gasteiger partial charge is 0.262 e. The average Bonchev–Trinajstić information content (AvgIpc) is 2.21. The van der Waals surface area contributed by atoms with E-state index in [0.29, 0.717) is 6.54 Å². The van der Waals surface area contributed by atoms with Crippen molar-refractivity contribution < 1.29 is 9.90 Å². The molecule has 1 unspecified atom stereocenters. The monoisotopic (exact) mass is 200 g/mol. The first-order valence-electron chi connectivity index (χ1n) is 4.31. The zero-order chi connectivity index (χ0) is 10.8. The summed E-state index contributed by atoms with van der Waals surface area (Å²) in [5.41, 5.74) is 0. The summed E-state index contributed by atoms with van der Waals surface area (Å²) in [5.74, 6) is -0.271. The summed E-state index contributed by atoms with van der Waals surface area (Å²) < 4.78 is 0. The molecule has 6 nitrogen and oxygen atoms in total. The summed E-state index contributed by atoms with van der Waals surface area (Å²) in [7, 11) is 1.52. The van der Waals surface area contributed by atoms with E-state index in [0.717, 1.165) is 6.21 Å². The normalized spacial score (nSPS) is 13.6. The van der Waals surface area contributed by atoms with E-state index in [1.165, 1.54) is 13.4 Å². The molecule has 0 aliphatic carbocycles. The molecule has 0 spiro atoms. The molecule has 0 rings (SSSR count). The fourth-order valence-corrected chi connectivity index (χ4v) is 0.630. The van der Waals surface area contributed by atoms with Crippen LogP contribution in [0.3, 0.4) is 0 Å². The van der Waals surface area contributed by atoms with Gasteiger partial charge in [-0.3, -0.25) is 15.1 Å². The van der Waals surface area contributed by atoms with Crippen molar-refractivity contribution in [2.75, 3.05) is 20.2 Å². The molecule has 1 amide bonds. The van der Waals surface area contributed by atoms with Crippen LogP contribution in [0.25, 0.3) is 0 Å². The van der Waals surface area contributed by atoms with Gasteiger partial charge in [-0.1, -0.05) is 0 Å². The summed E-state index contributed by atoms with van der Waals surface area (Å²) in [6.45, 7) is 2.38. The third kappa shape index (κ3) is 7.38. The first-order chi connectivity index (χ1) is 6.70. The number of nitrogens with zero attached hydrogens (tertiary/aromatic N) is 2. The first kappa shape index (κ1) is 12.7. The van der Waals surface area contributed by atoms with Crippen LogP contribution in [0.1, 0.15) is 6.92 Å². The number of aliphatic hydroxyl groups is 1. The first-order valence-corrected chi connectivity index (χ1v) is 4.31. The third-order valence-electron chi connectivity index (χ3n) is 1.35. The zero-order valence-corrected chi connectivity index (χ0v) is 8.40. The molecule has 6 heteroatoms. The van der Waals surface area contributed by atoms with E-state index in [-0.39, 0.29) is 18.7 Å². The number of amides is 1. The van der Waals surface area contributed by atoms with Gasteiger partial charge in [-0.15, -0.1) is 0 Å². The molecule has 80 valence electrons. The van der Waals surface area contributed by atoms with Crippen molar-refractivity contribution in [2.45, 2.75) is 13.1 Å². The second kappa shape index (κ2) is 8.33. The summed E-state index contributed by atoms with van der Waals surface area (Å²) in [5, 5.41) is 13.8. The Bertz CT molecular complexity index is 215. The van der Waals surface area contributed by atoms with E-state index >= 15 is 0 Å². The van der Waals surface area contributed by atoms with E-state index in [1.807, 2.05) is 6.92 Å². The van der Waals surface area contributed by atoms with E-state index in [1.54, 1.807) is 0 Å². The van der Waals surface area contributed by atoms with E-state index < -0.39 is 0 Å². The Morgan fingerprint density at radius 3 is 2.93 bits per heavy atom. The van der Waals surface area contributed by atoms with Crippen LogP contribution in [0, 0.1) is 0 Å². The van der Waals surface area contributed by atoms with Crippen LogP contribution in [0.5, 0.6) is 0 Å². The highest BCUT2D eigenvalue weighted by Gasteiger charge is 1.93. The highest BCUT2D eigenvalue weighted by atomic mass is 16.3. The standard InChI is InChI=1S/C8H16N4O2/c1-7(11-3-4-13)12-6-10-5-8(14)9-2/h5-7,11,13H,3-4H2,1-2H3,(H,9,14)/b10-5+,12-6-. The Balaban J connectivity index is 3.70. The maximum Gasteiger partial charge on any atom is 0.262 e. The molecular weight excluding hydrogens is 184 g/mol. The molecule has 0 radical (unpaired) electrons. The number of aliphatic hydroxyl groups excluding tert-OH is 1. The minimum atomic E-state index is -0.271. The molecule has 0 aliphatic rings. The minimum absolute atomic E-state index is 0.0708. The molecule has 14 heavy (non-hydrogen) atoms. The van der Waals surface area contributed by atoms with Crippen LogP contribution in [0.15, 0.2) is 9.98 Å². The number of rotatable bonds is 6. The SMILES string of the molecule is CNC(=O)/C=N/C=N\C(C)NCCO. The quantitative estimate of drug-likeness (QED) is 0.370. The Labute approximate surface area is 83.1 Å². The van der Waals surface area contributed by atoms with Gasteiger partial charge >= 0.3 is 0 Å². The van der Waals surface area contributed by atoms with Gasteiger partial charge in [0.05, 0.1) is 19.0 Å². The topological polar surface area (TPSA) is 86.1 Å². The van der Waals surface area contributed by atoms with Crippen LogP contribution < -0.4 is 10.6 Å².